The van der Waals surface area contributed by atoms with E-state index < -0.39 is 112 Å². The Morgan fingerprint density at radius 2 is 1.31 bits per heavy atom. The van der Waals surface area contributed by atoms with Gasteiger partial charge >= 0.3 is 7.82 Å². The molecule has 16 N–H and O–H groups in total. The second kappa shape index (κ2) is 20.5. The van der Waals surface area contributed by atoms with Gasteiger partial charge in [-0.3, -0.25) is 53.1 Å². The molecule has 0 unspecified atom stereocenters. The van der Waals surface area contributed by atoms with Gasteiger partial charge in [0, 0.05) is 131 Å². The van der Waals surface area contributed by atoms with E-state index >= 15 is 0 Å². The van der Waals surface area contributed by atoms with Crippen molar-refractivity contribution in [3.63, 3.8) is 0 Å². The van der Waals surface area contributed by atoms with Crippen LogP contribution in [-0.4, -0.2) is 92.5 Å². The summed E-state index contributed by atoms with van der Waals surface area (Å²) in [5.74, 6) is -6.85. The number of allylic oxidation sites excluding steroid dienone is 6. The number of carbonyl (C=O) groups excluding carboxylic acids is 7. The Bertz CT molecular complexity index is 2510. The first kappa shape index (κ1) is 56.3. The third-order valence-electron chi connectivity index (χ3n) is 16.4. The molecule has 10 atom stereocenters. The topological polar surface area (TPSA) is 404 Å². The Labute approximate surface area is 414 Å². The van der Waals surface area contributed by atoms with Gasteiger partial charge in [-0.2, -0.15) is 0 Å². The Hall–Kier alpha value is -5.57. The lowest BCUT2D eigenvalue weighted by atomic mass is 9.55. The maximum Gasteiger partial charge on any atom is 0.469 e. The zero-order chi connectivity index (χ0) is 53.6. The maximum atomic E-state index is 13.7. The first-order valence-corrected chi connectivity index (χ1v) is 25.5. The molecular weight excluding hydrogens is 938 g/mol. The van der Waals surface area contributed by atoms with Crippen LogP contribution in [0.4, 0.5) is 0 Å². The largest absolute Gasteiger partial charge is 0.469 e. The zero-order valence-corrected chi connectivity index (χ0v) is 43.2. The second-order valence-corrected chi connectivity index (χ2v) is 22.9. The first-order chi connectivity index (χ1) is 32.6. The number of nitrogens with one attached hydrogen (secondary N) is 2. The molecule has 0 aromatic heterocycles. The van der Waals surface area contributed by atoms with Crippen molar-refractivity contribution >= 4 is 66.3 Å². The Kier molecular flexibility index (Phi) is 16.3. The minimum Gasteiger partial charge on any atom is -0.370 e. The van der Waals surface area contributed by atoms with E-state index in [0.29, 0.717) is 45.4 Å². The van der Waals surface area contributed by atoms with Gasteiger partial charge in [0.25, 0.3) is 0 Å². The number of fused-ring (bicyclic) bond motifs is 6. The number of nitrogens with zero attached hydrogens (tertiary/aromatic N) is 3. The molecule has 0 spiro atoms. The Balaban J connectivity index is 1.94. The summed E-state index contributed by atoms with van der Waals surface area (Å²) in [6.45, 7) is 16.2. The van der Waals surface area contributed by atoms with Crippen molar-refractivity contribution in [3.05, 3.63) is 34.3 Å². The van der Waals surface area contributed by atoms with Crippen LogP contribution in [-0.2, 0) is 42.7 Å². The van der Waals surface area contributed by atoms with Gasteiger partial charge < -0.3 is 54.8 Å². The van der Waals surface area contributed by atoms with Gasteiger partial charge in [-0.25, -0.2) is 4.57 Å². The summed E-state index contributed by atoms with van der Waals surface area (Å²) < 4.78 is 16.2. The molecule has 0 aliphatic carbocycles. The molecule has 0 saturated carbocycles. The molecule has 392 valence electrons. The predicted molar refractivity (Wildman–Crippen MR) is 265 cm³/mol. The molecule has 0 aromatic rings. The molecule has 5 rings (SSSR count). The minimum atomic E-state index is -4.86. The number of hydrogen-bond acceptors (Lipinski definition) is 13. The molecule has 1 saturated heterocycles. The fourth-order valence-electron chi connectivity index (χ4n) is 12.6. The lowest BCUT2D eigenvalue weighted by Gasteiger charge is -2.48. The standard InChI is InChI=1S/C48H74N11O11P/c1-23(70-71(67,68)69)22-55-38(66)16-17-45(6)29(18-35(52)63)43-48(9)47(8,21-37(54)65)28(12-15-34(51)62)40(59-48)25(3)42-46(7,20-36(53)64)26(10-13-32(49)60)30(56-42)19-31-44(4,5)27(11-14-33(50)61)39(57-31)24(2)41(45)58-43/h19,23,26-29,43,56H,10-18,20-22H2,1-9H3,(H2,49,60)(H2,50,61)(H2,51,62)(H2,52,63)(H2,53,64)(H2,54,65)(H,55,66)(H2,67,68,69)/t23-,26-,27-,28-,29+,43-,45-,46+,47+,48+/m1/s1. The van der Waals surface area contributed by atoms with Gasteiger partial charge in [0.15, 0.2) is 0 Å². The quantitative estimate of drug-likeness (QED) is 0.0695. The highest BCUT2D eigenvalue weighted by Gasteiger charge is 2.66. The molecule has 8 bridgehead atoms. The van der Waals surface area contributed by atoms with Gasteiger partial charge in [0.1, 0.15) is 0 Å². The van der Waals surface area contributed by atoms with Crippen molar-refractivity contribution in [2.45, 2.75) is 151 Å². The van der Waals surface area contributed by atoms with Crippen molar-refractivity contribution < 1.29 is 52.4 Å². The highest BCUT2D eigenvalue weighted by atomic mass is 31.2. The number of rotatable bonds is 22. The number of carbonyl (C=O) groups is 7. The van der Waals surface area contributed by atoms with Crippen LogP contribution in [0, 0.1) is 45.3 Å². The van der Waals surface area contributed by atoms with Gasteiger partial charge in [-0.15, -0.1) is 0 Å². The monoisotopic (exact) mass is 1010 g/mol. The minimum absolute atomic E-state index is 0.0127. The number of nitrogens with two attached hydrogens (primary N) is 6. The second-order valence-electron chi connectivity index (χ2n) is 21.7. The lowest BCUT2D eigenvalue weighted by molar-refractivity contribution is -0.124. The van der Waals surface area contributed by atoms with E-state index in [1.54, 1.807) is 0 Å². The van der Waals surface area contributed by atoms with Crippen LogP contribution < -0.4 is 45.0 Å². The highest BCUT2D eigenvalue weighted by molar-refractivity contribution is 7.46. The van der Waals surface area contributed by atoms with Crippen LogP contribution >= 0.6 is 7.82 Å². The third kappa shape index (κ3) is 11.2. The van der Waals surface area contributed by atoms with Crippen molar-refractivity contribution in [1.29, 1.82) is 0 Å². The molecule has 5 aliphatic heterocycles. The van der Waals surface area contributed by atoms with E-state index in [1.165, 1.54) is 6.92 Å². The number of hydrogen-bond donors (Lipinski definition) is 10. The van der Waals surface area contributed by atoms with E-state index in [2.05, 4.69) is 10.6 Å². The summed E-state index contributed by atoms with van der Waals surface area (Å²) in [5, 5.41) is 6.31. The molecule has 5 heterocycles. The molecule has 0 aromatic carbocycles. The molecule has 0 radical (unpaired) electrons. The molecule has 22 nitrogen and oxygen atoms in total. The predicted octanol–water partition coefficient (Wildman–Crippen LogP) is 1.85. The molecule has 23 heteroatoms. The molecule has 71 heavy (non-hydrogen) atoms. The summed E-state index contributed by atoms with van der Waals surface area (Å²) in [6.07, 6.45) is 0.315. The Morgan fingerprint density at radius 3 is 1.83 bits per heavy atom. The summed E-state index contributed by atoms with van der Waals surface area (Å²) >= 11 is 0. The van der Waals surface area contributed by atoms with E-state index in [9.17, 15) is 47.9 Å². The maximum absolute atomic E-state index is 13.7. The van der Waals surface area contributed by atoms with Gasteiger partial charge in [0.2, 0.25) is 41.4 Å². The SMILES string of the molecule is CC1=C2N=C(C=C3NC(=C(C)C4=N[C@@](C)([C@@H]5N=C1[C@](C)(CCC(=O)NC[C@@H](C)OP(=O)(O)O)[C@H]5CC(N)=O)[C@@](C)(CC(N)=O)[C@@H]4CCC(N)=O)[C@@](C)(CC(N)=O)[C@@H]3CCC(N)=O)C(C)(C)[C@@H]2CCC(N)=O. The number of phosphoric ester groups is 1. The highest BCUT2D eigenvalue weighted by Crippen LogP contribution is 2.62. The first-order valence-electron chi connectivity index (χ1n) is 24.0. The van der Waals surface area contributed by atoms with Crippen LogP contribution in [0.15, 0.2) is 49.3 Å². The van der Waals surface area contributed by atoms with Crippen LogP contribution in [0.3, 0.4) is 0 Å². The Morgan fingerprint density at radius 1 is 0.761 bits per heavy atom. The van der Waals surface area contributed by atoms with Crippen molar-refractivity contribution in [3.8, 4) is 0 Å². The van der Waals surface area contributed by atoms with Crippen LogP contribution in [0.25, 0.3) is 0 Å². The average Bonchev–Trinajstić information content (AvgIpc) is 3.83. The number of primary amides is 6. The summed E-state index contributed by atoms with van der Waals surface area (Å²) in [5.41, 5.74) is 34.2. The smallest absolute Gasteiger partial charge is 0.370 e. The van der Waals surface area contributed by atoms with E-state index in [4.69, 9.17) is 53.9 Å². The van der Waals surface area contributed by atoms with Crippen molar-refractivity contribution in [2.24, 2.45) is 94.7 Å². The zero-order valence-electron chi connectivity index (χ0n) is 42.3. The number of aliphatic imine (C=N–C) groups is 3. The fourth-order valence-corrected chi connectivity index (χ4v) is 13.1. The number of amides is 7. The van der Waals surface area contributed by atoms with Gasteiger partial charge in [-0.05, 0) is 70.6 Å². The van der Waals surface area contributed by atoms with E-state index in [0.717, 1.165) is 0 Å². The lowest BCUT2D eigenvalue weighted by Crippen LogP contribution is -2.56. The molecule has 1 fully saturated rings. The summed E-state index contributed by atoms with van der Waals surface area (Å²) in [4.78, 5) is 127. The fraction of sp³-hybridized carbons (Fsp3) is 0.667. The van der Waals surface area contributed by atoms with Crippen molar-refractivity contribution in [1.82, 2.24) is 10.6 Å². The van der Waals surface area contributed by atoms with Crippen LogP contribution in [0.1, 0.15) is 133 Å². The van der Waals surface area contributed by atoms with Crippen LogP contribution in [0.5, 0.6) is 0 Å². The molecule has 7 amide bonds. The van der Waals surface area contributed by atoms with E-state index in [1.807, 2.05) is 61.5 Å². The van der Waals surface area contributed by atoms with Gasteiger partial charge in [-0.1, -0.05) is 34.6 Å². The summed E-state index contributed by atoms with van der Waals surface area (Å²) in [7, 11) is -4.86. The molecule has 5 aliphatic rings. The summed E-state index contributed by atoms with van der Waals surface area (Å²) in [6, 6.07) is -0.987. The van der Waals surface area contributed by atoms with Gasteiger partial charge in [0.05, 0.1) is 17.7 Å². The number of phosphoric acid groups is 1. The molecular formula is C48H74N11O11P. The van der Waals surface area contributed by atoms with E-state index in [-0.39, 0.29) is 77.2 Å². The van der Waals surface area contributed by atoms with Crippen molar-refractivity contribution in [2.75, 3.05) is 6.54 Å². The third-order valence-corrected chi connectivity index (χ3v) is 17.0. The average molecular weight is 1010 g/mol. The normalized spacial score (nSPS) is 31.3. The van der Waals surface area contributed by atoms with Crippen LogP contribution in [0.2, 0.25) is 0 Å².